The average Bonchev–Trinajstić information content (AvgIpc) is 2.96. The van der Waals surface area contributed by atoms with Crippen LogP contribution in [0, 0.1) is 5.92 Å². The first-order valence-corrected chi connectivity index (χ1v) is 8.96. The van der Waals surface area contributed by atoms with Crippen LogP contribution in [0.5, 0.6) is 11.5 Å². The Morgan fingerprint density at radius 2 is 1.96 bits per heavy atom. The summed E-state index contributed by atoms with van der Waals surface area (Å²) in [6.45, 7) is 3.33. The van der Waals surface area contributed by atoms with Crippen molar-refractivity contribution in [3.05, 3.63) is 53.3 Å². The van der Waals surface area contributed by atoms with Gasteiger partial charge in [-0.05, 0) is 61.7 Å². The van der Waals surface area contributed by atoms with Crippen molar-refractivity contribution in [2.24, 2.45) is 5.92 Å². The van der Waals surface area contributed by atoms with Crippen molar-refractivity contribution in [2.45, 2.75) is 18.9 Å². The van der Waals surface area contributed by atoms with Crippen molar-refractivity contribution >= 4 is 17.5 Å². The Hall–Kier alpha value is -2.11. The van der Waals surface area contributed by atoms with Crippen molar-refractivity contribution in [3.8, 4) is 11.5 Å². The number of nitrogens with one attached hydrogen (secondary N) is 1. The molecule has 2 aliphatic rings. The van der Waals surface area contributed by atoms with E-state index in [1.165, 1.54) is 19.5 Å². The minimum Gasteiger partial charge on any atom is -0.456 e. The molecule has 130 valence electrons. The number of pyridine rings is 1. The molecular formula is C19H20ClN3O2. The maximum Gasteiger partial charge on any atom is 0.251 e. The second-order valence-corrected chi connectivity index (χ2v) is 7.15. The van der Waals surface area contributed by atoms with Gasteiger partial charge in [0.15, 0.2) is 0 Å². The van der Waals surface area contributed by atoms with E-state index >= 15 is 0 Å². The smallest absolute Gasteiger partial charge is 0.251 e. The molecule has 2 aromatic rings. The normalized spacial score (nSPS) is 24.8. The fraction of sp³-hybridized carbons (Fsp3) is 0.368. The molecule has 2 aliphatic heterocycles. The zero-order valence-corrected chi connectivity index (χ0v) is 14.6. The van der Waals surface area contributed by atoms with E-state index in [0.717, 1.165) is 18.9 Å². The van der Waals surface area contributed by atoms with Gasteiger partial charge in [0.2, 0.25) is 0 Å². The number of carbonyl (C=O) groups is 1. The average molecular weight is 358 g/mol. The number of carbonyl (C=O) groups excluding carboxylic acids is 1. The molecule has 25 heavy (non-hydrogen) atoms. The molecule has 6 heteroatoms. The molecule has 3 atom stereocenters. The van der Waals surface area contributed by atoms with E-state index < -0.39 is 0 Å². The van der Waals surface area contributed by atoms with Crippen LogP contribution in [0.2, 0.25) is 5.15 Å². The van der Waals surface area contributed by atoms with Gasteiger partial charge in [0.1, 0.15) is 16.7 Å². The lowest BCUT2D eigenvalue weighted by atomic mass is 9.96. The third-order valence-electron chi connectivity index (χ3n) is 4.85. The van der Waals surface area contributed by atoms with Gasteiger partial charge in [0.25, 0.3) is 5.91 Å². The summed E-state index contributed by atoms with van der Waals surface area (Å²) in [5.41, 5.74) is 0.648. The van der Waals surface area contributed by atoms with Crippen molar-refractivity contribution in [1.29, 1.82) is 0 Å². The van der Waals surface area contributed by atoms with Gasteiger partial charge in [-0.3, -0.25) is 4.79 Å². The maximum absolute atomic E-state index is 12.5. The quantitative estimate of drug-likeness (QED) is 0.852. The summed E-state index contributed by atoms with van der Waals surface area (Å²) < 4.78 is 5.69. The highest BCUT2D eigenvalue weighted by Crippen LogP contribution is 2.27. The van der Waals surface area contributed by atoms with Crippen LogP contribution in [0.25, 0.3) is 0 Å². The summed E-state index contributed by atoms with van der Waals surface area (Å²) in [6, 6.07) is 10.8. The number of hydrogen-bond acceptors (Lipinski definition) is 4. The molecule has 1 aromatic heterocycles. The van der Waals surface area contributed by atoms with Crippen molar-refractivity contribution in [2.75, 3.05) is 19.6 Å². The van der Waals surface area contributed by atoms with Crippen LogP contribution in [0.1, 0.15) is 23.2 Å². The van der Waals surface area contributed by atoms with Crippen LogP contribution < -0.4 is 10.1 Å². The number of ether oxygens (including phenoxy) is 1. The molecule has 3 heterocycles. The number of piperidine rings is 1. The number of fused-ring (bicyclic) bond motifs is 2. The topological polar surface area (TPSA) is 54.5 Å². The van der Waals surface area contributed by atoms with Crippen LogP contribution in [0.15, 0.2) is 42.6 Å². The number of aromatic nitrogens is 1. The van der Waals surface area contributed by atoms with E-state index in [2.05, 4.69) is 15.2 Å². The Balaban J connectivity index is 1.36. The van der Waals surface area contributed by atoms with E-state index in [0.29, 0.717) is 22.2 Å². The lowest BCUT2D eigenvalue weighted by Gasteiger charge is -2.30. The minimum absolute atomic E-state index is 0.0211. The molecule has 1 N–H and O–H groups in total. The second kappa shape index (κ2) is 7.02. The highest BCUT2D eigenvalue weighted by molar-refractivity contribution is 6.29. The zero-order valence-electron chi connectivity index (χ0n) is 13.8. The SMILES string of the molecule is O=C(N[C@@H]1C[C@H]2CCN(C2)C1)c1ccc(Oc2ccc(Cl)nc2)cc1. The fourth-order valence-corrected chi connectivity index (χ4v) is 3.78. The number of benzene rings is 1. The van der Waals surface area contributed by atoms with Crippen molar-refractivity contribution in [1.82, 2.24) is 15.2 Å². The Morgan fingerprint density at radius 3 is 2.68 bits per heavy atom. The van der Waals surface area contributed by atoms with Gasteiger partial charge in [0, 0.05) is 24.7 Å². The van der Waals surface area contributed by atoms with Crippen molar-refractivity contribution < 1.29 is 9.53 Å². The molecule has 1 aromatic carbocycles. The zero-order chi connectivity index (χ0) is 17.2. The fourth-order valence-electron chi connectivity index (χ4n) is 3.67. The molecular weight excluding hydrogens is 338 g/mol. The summed E-state index contributed by atoms with van der Waals surface area (Å²) in [6.07, 6.45) is 3.92. The molecule has 0 radical (unpaired) electrons. The molecule has 4 rings (SSSR count). The molecule has 2 fully saturated rings. The van der Waals surface area contributed by atoms with Gasteiger partial charge >= 0.3 is 0 Å². The third-order valence-corrected chi connectivity index (χ3v) is 5.08. The Bertz CT molecular complexity index is 736. The van der Waals surface area contributed by atoms with Gasteiger partial charge in [-0.2, -0.15) is 0 Å². The summed E-state index contributed by atoms with van der Waals surface area (Å²) >= 11 is 5.76. The molecule has 1 amide bonds. The van der Waals surface area contributed by atoms with E-state index in [4.69, 9.17) is 16.3 Å². The molecule has 0 spiro atoms. The Labute approximate surface area is 152 Å². The summed E-state index contributed by atoms with van der Waals surface area (Å²) in [4.78, 5) is 18.9. The number of nitrogens with zero attached hydrogens (tertiary/aromatic N) is 2. The first kappa shape index (κ1) is 16.4. The number of amides is 1. The van der Waals surface area contributed by atoms with Crippen LogP contribution >= 0.6 is 11.6 Å². The maximum atomic E-state index is 12.5. The van der Waals surface area contributed by atoms with E-state index in [9.17, 15) is 4.79 Å². The summed E-state index contributed by atoms with van der Waals surface area (Å²) in [5.74, 6) is 1.98. The van der Waals surface area contributed by atoms with Gasteiger partial charge < -0.3 is 15.0 Å². The van der Waals surface area contributed by atoms with E-state index in [1.807, 2.05) is 0 Å². The molecule has 2 saturated heterocycles. The van der Waals surface area contributed by atoms with Gasteiger partial charge in [-0.15, -0.1) is 0 Å². The van der Waals surface area contributed by atoms with Crippen LogP contribution in [0.3, 0.4) is 0 Å². The lowest BCUT2D eigenvalue weighted by Crippen LogP contribution is -2.46. The number of halogens is 1. The predicted octanol–water partition coefficient (Wildman–Crippen LogP) is 3.35. The molecule has 0 saturated carbocycles. The van der Waals surface area contributed by atoms with E-state index in [1.54, 1.807) is 42.6 Å². The first-order valence-electron chi connectivity index (χ1n) is 8.58. The molecule has 2 bridgehead atoms. The predicted molar refractivity (Wildman–Crippen MR) is 96.2 cm³/mol. The molecule has 5 nitrogen and oxygen atoms in total. The van der Waals surface area contributed by atoms with E-state index in [-0.39, 0.29) is 11.9 Å². The molecule has 1 unspecified atom stereocenters. The number of rotatable bonds is 4. The third kappa shape index (κ3) is 3.94. The summed E-state index contributed by atoms with van der Waals surface area (Å²) in [7, 11) is 0. The van der Waals surface area contributed by atoms with Gasteiger partial charge in [-0.1, -0.05) is 11.6 Å². The van der Waals surface area contributed by atoms with Crippen molar-refractivity contribution in [3.63, 3.8) is 0 Å². The second-order valence-electron chi connectivity index (χ2n) is 6.76. The van der Waals surface area contributed by atoms with Gasteiger partial charge in [-0.25, -0.2) is 4.98 Å². The molecule has 0 aliphatic carbocycles. The first-order chi connectivity index (χ1) is 12.2. The van der Waals surface area contributed by atoms with Crippen LogP contribution in [-0.4, -0.2) is 41.5 Å². The monoisotopic (exact) mass is 357 g/mol. The van der Waals surface area contributed by atoms with Gasteiger partial charge in [0.05, 0.1) is 6.20 Å². The lowest BCUT2D eigenvalue weighted by molar-refractivity contribution is 0.0909. The number of hydrogen-bond donors (Lipinski definition) is 1. The minimum atomic E-state index is -0.0211. The van der Waals surface area contributed by atoms with Crippen LogP contribution in [-0.2, 0) is 0 Å². The Morgan fingerprint density at radius 1 is 1.16 bits per heavy atom. The highest BCUT2D eigenvalue weighted by Gasteiger charge is 2.32. The largest absolute Gasteiger partial charge is 0.456 e. The van der Waals surface area contributed by atoms with Crippen LogP contribution in [0.4, 0.5) is 0 Å². The Kier molecular flexibility index (Phi) is 4.59. The summed E-state index contributed by atoms with van der Waals surface area (Å²) in [5, 5.41) is 3.59. The highest BCUT2D eigenvalue weighted by atomic mass is 35.5. The standard InChI is InChI=1S/C19H20ClN3O2/c20-18-6-5-17(10-21-18)25-16-3-1-14(2-4-16)19(24)22-15-9-13-7-8-23(11-13)12-15/h1-6,10,13,15H,7-9,11-12H2,(H,22,24)/t13-,15-/m1/s1.